The maximum atomic E-state index is 6.27. The van der Waals surface area contributed by atoms with E-state index in [4.69, 9.17) is 10.7 Å². The predicted molar refractivity (Wildman–Crippen MR) is 114 cm³/mol. The first kappa shape index (κ1) is 16.3. The van der Waals surface area contributed by atoms with E-state index in [-0.39, 0.29) is 0 Å². The van der Waals surface area contributed by atoms with Gasteiger partial charge in [0.05, 0.1) is 11.0 Å². The van der Waals surface area contributed by atoms with Crippen LogP contribution in [0.3, 0.4) is 0 Å². The number of nitrogen functional groups attached to an aromatic ring is 1. The molecule has 0 saturated heterocycles. The van der Waals surface area contributed by atoms with Gasteiger partial charge in [0, 0.05) is 29.6 Å². The van der Waals surface area contributed by atoms with Gasteiger partial charge in [-0.1, -0.05) is 30.7 Å². The Morgan fingerprint density at radius 1 is 1.00 bits per heavy atom. The Bertz CT molecular complexity index is 1340. The van der Waals surface area contributed by atoms with Gasteiger partial charge in [-0.25, -0.2) is 15.0 Å². The van der Waals surface area contributed by atoms with Gasteiger partial charge in [0.2, 0.25) is 0 Å². The number of hydrogen-bond donors (Lipinski definition) is 1. The topological polar surface area (TPSA) is 74.0 Å². The molecule has 6 heteroatoms. The Hall–Kier alpha value is -3.67. The normalized spacial score (nSPS) is 14.5. The van der Waals surface area contributed by atoms with Crippen LogP contribution in [0.25, 0.3) is 33.5 Å². The molecule has 6 nitrogen and oxygen atoms in total. The number of para-hydroxylation sites is 1. The quantitative estimate of drug-likeness (QED) is 0.497. The number of anilines is 1. The average molecular weight is 380 g/mol. The standard InChI is InChI=1S/C23H20N6/c24-22-21-20(27-23(15-5-4-6-15)28(21)12-11-25-22)16-9-10-19-18(13-16)26-14-29(19)17-7-2-1-3-8-17/h1-3,7-15H,4-6H2,(H2,24,25). The van der Waals surface area contributed by atoms with E-state index in [9.17, 15) is 0 Å². The molecule has 0 spiro atoms. The molecule has 0 atom stereocenters. The zero-order valence-electron chi connectivity index (χ0n) is 15.9. The van der Waals surface area contributed by atoms with Crippen molar-refractivity contribution in [3.63, 3.8) is 0 Å². The van der Waals surface area contributed by atoms with Gasteiger partial charge in [0.25, 0.3) is 0 Å². The van der Waals surface area contributed by atoms with Gasteiger partial charge in [-0.05, 0) is 37.1 Å². The number of fused-ring (bicyclic) bond motifs is 2. The Labute approximate surface area is 167 Å². The fourth-order valence-electron chi connectivity index (χ4n) is 4.20. The van der Waals surface area contributed by atoms with Crippen LogP contribution in [0.15, 0.2) is 67.3 Å². The average Bonchev–Trinajstić information content (AvgIpc) is 3.30. The number of rotatable bonds is 3. The maximum Gasteiger partial charge on any atom is 0.150 e. The molecule has 6 rings (SSSR count). The molecule has 2 aromatic carbocycles. The molecule has 142 valence electrons. The summed E-state index contributed by atoms with van der Waals surface area (Å²) in [6.45, 7) is 0. The molecule has 0 aliphatic heterocycles. The number of benzene rings is 2. The van der Waals surface area contributed by atoms with Crippen LogP contribution < -0.4 is 5.73 Å². The van der Waals surface area contributed by atoms with Crippen LogP contribution >= 0.6 is 0 Å². The second-order valence-corrected chi connectivity index (χ2v) is 7.63. The molecule has 29 heavy (non-hydrogen) atoms. The molecule has 0 amide bonds. The lowest BCUT2D eigenvalue weighted by Crippen LogP contribution is -2.12. The van der Waals surface area contributed by atoms with Crippen LogP contribution in [0.4, 0.5) is 5.82 Å². The van der Waals surface area contributed by atoms with Gasteiger partial charge >= 0.3 is 0 Å². The Kier molecular flexibility index (Phi) is 3.47. The van der Waals surface area contributed by atoms with E-state index in [1.54, 1.807) is 6.20 Å². The Balaban J connectivity index is 1.53. The number of nitrogens with two attached hydrogens (primary N) is 1. The first-order valence-electron chi connectivity index (χ1n) is 9.95. The van der Waals surface area contributed by atoms with Gasteiger partial charge in [-0.2, -0.15) is 0 Å². The first-order valence-corrected chi connectivity index (χ1v) is 9.95. The highest BCUT2D eigenvalue weighted by atomic mass is 15.1. The lowest BCUT2D eigenvalue weighted by molar-refractivity contribution is 0.400. The summed E-state index contributed by atoms with van der Waals surface area (Å²) >= 11 is 0. The number of hydrogen-bond acceptors (Lipinski definition) is 4. The molecule has 1 saturated carbocycles. The van der Waals surface area contributed by atoms with E-state index < -0.39 is 0 Å². The predicted octanol–water partition coefficient (Wildman–Crippen LogP) is 4.58. The minimum absolute atomic E-state index is 0.499. The third-order valence-corrected chi connectivity index (χ3v) is 5.94. The zero-order valence-corrected chi connectivity index (χ0v) is 15.9. The van der Waals surface area contributed by atoms with Crippen molar-refractivity contribution in [3.05, 3.63) is 73.1 Å². The third-order valence-electron chi connectivity index (χ3n) is 5.94. The van der Waals surface area contributed by atoms with Gasteiger partial charge in [-0.3, -0.25) is 8.97 Å². The third kappa shape index (κ3) is 2.45. The second kappa shape index (κ2) is 6.17. The number of imidazole rings is 2. The van der Waals surface area contributed by atoms with E-state index in [0.717, 1.165) is 39.3 Å². The van der Waals surface area contributed by atoms with E-state index >= 15 is 0 Å². The molecule has 2 N–H and O–H groups in total. The maximum absolute atomic E-state index is 6.27. The van der Waals surface area contributed by atoms with Crippen LogP contribution in [0.5, 0.6) is 0 Å². The molecule has 1 fully saturated rings. The lowest BCUT2D eigenvalue weighted by Gasteiger charge is -2.23. The van der Waals surface area contributed by atoms with Gasteiger partial charge < -0.3 is 5.73 Å². The summed E-state index contributed by atoms with van der Waals surface area (Å²) < 4.78 is 4.22. The fourth-order valence-corrected chi connectivity index (χ4v) is 4.20. The van der Waals surface area contributed by atoms with Crippen LogP contribution in [0.2, 0.25) is 0 Å². The minimum Gasteiger partial charge on any atom is -0.382 e. The molecule has 3 aromatic heterocycles. The van der Waals surface area contributed by atoms with Gasteiger partial charge in [0.1, 0.15) is 29.2 Å². The van der Waals surface area contributed by atoms with Crippen molar-refractivity contribution in [2.45, 2.75) is 25.2 Å². The second-order valence-electron chi connectivity index (χ2n) is 7.63. The van der Waals surface area contributed by atoms with E-state index in [1.165, 1.54) is 19.3 Å². The molecule has 0 bridgehead atoms. The van der Waals surface area contributed by atoms with Crippen molar-refractivity contribution >= 4 is 22.4 Å². The summed E-state index contributed by atoms with van der Waals surface area (Å²) in [7, 11) is 0. The van der Waals surface area contributed by atoms with Crippen LogP contribution in [-0.4, -0.2) is 23.9 Å². The lowest BCUT2D eigenvalue weighted by atomic mass is 9.85. The summed E-state index contributed by atoms with van der Waals surface area (Å²) in [4.78, 5) is 14.0. The highest BCUT2D eigenvalue weighted by Crippen LogP contribution is 2.39. The monoisotopic (exact) mass is 380 g/mol. The zero-order chi connectivity index (χ0) is 19.4. The highest BCUT2D eigenvalue weighted by Gasteiger charge is 2.27. The summed E-state index contributed by atoms with van der Waals surface area (Å²) in [5.74, 6) is 2.10. The largest absolute Gasteiger partial charge is 0.382 e. The molecular weight excluding hydrogens is 360 g/mol. The SMILES string of the molecule is Nc1nccn2c(C3CCC3)nc(-c3ccc4c(c3)ncn4-c3ccccc3)c12. The molecule has 5 aromatic rings. The van der Waals surface area contributed by atoms with Crippen molar-refractivity contribution in [2.75, 3.05) is 5.73 Å². The summed E-state index contributed by atoms with van der Waals surface area (Å²) in [5.41, 5.74) is 12.1. The van der Waals surface area contributed by atoms with Crippen molar-refractivity contribution in [3.8, 4) is 16.9 Å². The van der Waals surface area contributed by atoms with E-state index in [1.807, 2.05) is 30.7 Å². The van der Waals surface area contributed by atoms with E-state index in [0.29, 0.717) is 11.7 Å². The summed E-state index contributed by atoms with van der Waals surface area (Å²) in [6.07, 6.45) is 9.21. The highest BCUT2D eigenvalue weighted by molar-refractivity contribution is 5.90. The van der Waals surface area contributed by atoms with Crippen molar-refractivity contribution in [2.24, 2.45) is 0 Å². The molecule has 1 aliphatic rings. The van der Waals surface area contributed by atoms with Crippen molar-refractivity contribution < 1.29 is 0 Å². The van der Waals surface area contributed by atoms with Crippen LogP contribution in [0.1, 0.15) is 31.0 Å². The summed E-state index contributed by atoms with van der Waals surface area (Å²) in [6, 6.07) is 16.5. The number of aromatic nitrogens is 5. The molecule has 0 unspecified atom stereocenters. The van der Waals surface area contributed by atoms with Crippen LogP contribution in [0, 0.1) is 0 Å². The van der Waals surface area contributed by atoms with E-state index in [2.05, 4.69) is 49.3 Å². The molecule has 0 radical (unpaired) electrons. The smallest absolute Gasteiger partial charge is 0.150 e. The van der Waals surface area contributed by atoms with Crippen LogP contribution in [-0.2, 0) is 0 Å². The van der Waals surface area contributed by atoms with Gasteiger partial charge in [-0.15, -0.1) is 0 Å². The molecule has 1 aliphatic carbocycles. The first-order chi connectivity index (χ1) is 14.3. The Morgan fingerprint density at radius 2 is 1.86 bits per heavy atom. The fraction of sp³-hybridized carbons (Fsp3) is 0.174. The summed E-state index contributed by atoms with van der Waals surface area (Å²) in [5, 5.41) is 0. The Morgan fingerprint density at radius 3 is 2.66 bits per heavy atom. The van der Waals surface area contributed by atoms with Crippen molar-refractivity contribution in [1.29, 1.82) is 0 Å². The molecular formula is C23H20N6. The van der Waals surface area contributed by atoms with Gasteiger partial charge in [0.15, 0.2) is 0 Å². The number of nitrogens with zero attached hydrogens (tertiary/aromatic N) is 5. The van der Waals surface area contributed by atoms with Crippen molar-refractivity contribution in [1.82, 2.24) is 23.9 Å². The molecule has 3 heterocycles. The minimum atomic E-state index is 0.499.